The van der Waals surface area contributed by atoms with Gasteiger partial charge in [-0.15, -0.1) is 0 Å². The summed E-state index contributed by atoms with van der Waals surface area (Å²) in [7, 11) is 0. The zero-order chi connectivity index (χ0) is 67.4. The van der Waals surface area contributed by atoms with Gasteiger partial charge in [0.05, 0.1) is 218 Å². The van der Waals surface area contributed by atoms with E-state index in [-0.39, 0.29) is 79.3 Å². The van der Waals surface area contributed by atoms with Gasteiger partial charge in [0.25, 0.3) is 0 Å². The summed E-state index contributed by atoms with van der Waals surface area (Å²) < 4.78 is 425. The Kier molecular flexibility index (Phi) is 40.2. The largest absolute Gasteiger partial charge is 0.460 e. The van der Waals surface area contributed by atoms with Crippen molar-refractivity contribution in [3.63, 3.8) is 0 Å². The van der Waals surface area contributed by atoms with Crippen molar-refractivity contribution in [2.75, 3.05) is 218 Å². The van der Waals surface area contributed by atoms with E-state index in [1.165, 1.54) is 0 Å². The quantitative estimate of drug-likeness (QED) is 0.0457. The molecule has 0 heterocycles. The van der Waals surface area contributed by atoms with Gasteiger partial charge in [-0.3, -0.25) is 0 Å². The Morgan fingerprint density at radius 2 is 0.284 bits per heavy atom. The standard InChI is InChI=1S/C46H69F25O17/c47-35(48,36(49,50)37(51,52)38(53,54)39(55,56)40(57,58)41(59,60)42(61,62)43(63,64)44(65,66)45(67,68)46(69,70)71)1-3-73-5-7-75-9-11-77-13-15-79-17-19-81-21-23-83-25-27-85-29-31-87-33-34-88-32-30-86-28-26-84-24-22-82-20-18-80-16-14-78-12-10-76-8-6-74-4-2-72/h72H,1-34H2. The molecule has 42 heteroatoms. The zero-order valence-corrected chi connectivity index (χ0v) is 46.5. The van der Waals surface area contributed by atoms with Gasteiger partial charge in [0.1, 0.15) is 0 Å². The van der Waals surface area contributed by atoms with Crippen LogP contribution in [0.2, 0.25) is 0 Å². The molecule has 0 radical (unpaired) electrons. The van der Waals surface area contributed by atoms with Crippen LogP contribution in [0.1, 0.15) is 6.42 Å². The van der Waals surface area contributed by atoms with E-state index in [1.807, 2.05) is 0 Å². The minimum Gasteiger partial charge on any atom is -0.394 e. The molecule has 1 N–H and O–H groups in total. The first-order valence-corrected chi connectivity index (χ1v) is 25.9. The summed E-state index contributed by atoms with van der Waals surface area (Å²) in [5.74, 6) is -98.8. The van der Waals surface area contributed by atoms with E-state index in [4.69, 9.17) is 76.2 Å². The van der Waals surface area contributed by atoms with Gasteiger partial charge in [-0.2, -0.15) is 110 Å². The number of ether oxygens (including phenoxy) is 16. The van der Waals surface area contributed by atoms with Crippen LogP contribution in [0.15, 0.2) is 0 Å². The van der Waals surface area contributed by atoms with Crippen molar-refractivity contribution in [1.82, 2.24) is 0 Å². The van der Waals surface area contributed by atoms with Crippen LogP contribution < -0.4 is 0 Å². The molecule has 0 rings (SSSR count). The monoisotopic (exact) mass is 1370 g/mol. The molecule has 0 fully saturated rings. The highest BCUT2D eigenvalue weighted by Gasteiger charge is 2.99. The minimum absolute atomic E-state index is 0.0218. The molecule has 0 aliphatic heterocycles. The van der Waals surface area contributed by atoms with Gasteiger partial charge in [0.15, 0.2) is 0 Å². The molecule has 0 amide bonds. The molecule has 0 spiro atoms. The van der Waals surface area contributed by atoms with Gasteiger partial charge in [-0.25, -0.2) is 0 Å². The Balaban J connectivity index is 4.06. The maximum atomic E-state index is 14.2. The van der Waals surface area contributed by atoms with Crippen molar-refractivity contribution < 1.29 is 191 Å². The molecule has 0 unspecified atom stereocenters. The van der Waals surface area contributed by atoms with Gasteiger partial charge < -0.3 is 80.9 Å². The molecule has 0 atom stereocenters. The van der Waals surface area contributed by atoms with E-state index in [1.54, 1.807) is 0 Å². The summed E-state index contributed by atoms with van der Waals surface area (Å²) in [6.07, 6.45) is -11.2. The predicted molar refractivity (Wildman–Crippen MR) is 245 cm³/mol. The summed E-state index contributed by atoms with van der Waals surface area (Å²) in [5, 5.41) is 8.59. The molecule has 0 saturated carbocycles. The fourth-order valence-electron chi connectivity index (χ4n) is 5.81. The van der Waals surface area contributed by atoms with E-state index >= 15 is 0 Å². The van der Waals surface area contributed by atoms with E-state index in [0.717, 1.165) is 0 Å². The molecule has 530 valence electrons. The van der Waals surface area contributed by atoms with Crippen LogP contribution >= 0.6 is 0 Å². The van der Waals surface area contributed by atoms with Crippen molar-refractivity contribution >= 4 is 0 Å². The molecule has 0 bridgehead atoms. The third-order valence-corrected chi connectivity index (χ3v) is 10.7. The summed E-state index contributed by atoms with van der Waals surface area (Å²) in [6, 6.07) is 0. The SMILES string of the molecule is OCCOCCOCCOCCOCCOCCOCCOCCOCCOCCOCCOCCOCCOCCOCCOCCOCCC(F)(F)C(F)(F)C(F)(F)C(F)(F)C(F)(F)C(F)(F)C(F)(F)C(F)(F)C(F)(F)C(F)(F)C(F)(F)C(F)(F)F. The molecular weight excluding hydrogens is 1300 g/mol. The Labute approximate surface area is 486 Å². The van der Waals surface area contributed by atoms with Crippen LogP contribution in [-0.2, 0) is 75.8 Å². The van der Waals surface area contributed by atoms with E-state index < -0.39 is 97.6 Å². The van der Waals surface area contributed by atoms with Gasteiger partial charge in [0, 0.05) is 6.42 Å². The van der Waals surface area contributed by atoms with Crippen molar-refractivity contribution in [1.29, 1.82) is 0 Å². The molecular formula is C46H69F25O17. The highest BCUT2D eigenvalue weighted by atomic mass is 19.4. The third-order valence-electron chi connectivity index (χ3n) is 10.7. The number of hydrogen-bond donors (Lipinski definition) is 1. The number of hydrogen-bond acceptors (Lipinski definition) is 17. The lowest BCUT2D eigenvalue weighted by molar-refractivity contribution is -0.482. The lowest BCUT2D eigenvalue weighted by Gasteiger charge is -2.45. The summed E-state index contributed by atoms with van der Waals surface area (Å²) in [6.45, 7) is 4.51. The second kappa shape index (κ2) is 41.3. The Morgan fingerprint density at radius 3 is 0.432 bits per heavy atom. The lowest BCUT2D eigenvalue weighted by Crippen LogP contribution is -2.78. The van der Waals surface area contributed by atoms with E-state index in [9.17, 15) is 110 Å². The summed E-state index contributed by atoms with van der Waals surface area (Å²) >= 11 is 0. The Hall–Kier alpha value is -2.43. The topological polar surface area (TPSA) is 168 Å². The van der Waals surface area contributed by atoms with Crippen molar-refractivity contribution in [2.24, 2.45) is 0 Å². The maximum Gasteiger partial charge on any atom is 0.460 e. The van der Waals surface area contributed by atoms with Crippen molar-refractivity contribution in [2.45, 2.75) is 77.7 Å². The number of aliphatic hydroxyl groups excluding tert-OH is 1. The van der Waals surface area contributed by atoms with Crippen LogP contribution in [0.3, 0.4) is 0 Å². The summed E-state index contributed by atoms with van der Waals surface area (Å²) in [4.78, 5) is 0. The van der Waals surface area contributed by atoms with E-state index in [0.29, 0.717) is 119 Å². The highest BCUT2D eigenvalue weighted by Crippen LogP contribution is 2.68. The fourth-order valence-corrected chi connectivity index (χ4v) is 5.81. The van der Waals surface area contributed by atoms with Crippen molar-refractivity contribution in [3.8, 4) is 0 Å². The normalized spacial score (nSPS) is 14.2. The third kappa shape index (κ3) is 25.8. The average molecular weight is 1370 g/mol. The van der Waals surface area contributed by atoms with Crippen LogP contribution in [0, 0.1) is 0 Å². The second-order valence-corrected chi connectivity index (χ2v) is 17.2. The maximum absolute atomic E-state index is 14.2. The average Bonchev–Trinajstić information content (AvgIpc) is 0.695. The first-order valence-electron chi connectivity index (χ1n) is 25.9. The first kappa shape index (κ1) is 85.6. The van der Waals surface area contributed by atoms with Crippen LogP contribution in [-0.4, -0.2) is 294 Å². The first-order chi connectivity index (χ1) is 40.8. The van der Waals surface area contributed by atoms with Gasteiger partial charge in [-0.05, 0) is 0 Å². The van der Waals surface area contributed by atoms with Gasteiger partial charge in [-0.1, -0.05) is 0 Å². The predicted octanol–water partition coefficient (Wildman–Crippen LogP) is 8.19. The smallest absolute Gasteiger partial charge is 0.394 e. The fraction of sp³-hybridized carbons (Fsp3) is 1.00. The van der Waals surface area contributed by atoms with Crippen molar-refractivity contribution in [3.05, 3.63) is 0 Å². The molecule has 0 aliphatic rings. The summed E-state index contributed by atoms with van der Waals surface area (Å²) in [5.41, 5.74) is 0. The van der Waals surface area contributed by atoms with Gasteiger partial charge >= 0.3 is 71.3 Å². The molecule has 0 aromatic rings. The van der Waals surface area contributed by atoms with Crippen LogP contribution in [0.5, 0.6) is 0 Å². The molecule has 0 saturated heterocycles. The Bertz CT molecular complexity index is 1770. The zero-order valence-electron chi connectivity index (χ0n) is 46.5. The molecule has 88 heavy (non-hydrogen) atoms. The minimum atomic E-state index is -9.64. The highest BCUT2D eigenvalue weighted by molar-refractivity contribution is 5.19. The molecule has 17 nitrogen and oxygen atoms in total. The number of aliphatic hydroxyl groups is 1. The van der Waals surface area contributed by atoms with E-state index in [2.05, 4.69) is 4.74 Å². The second-order valence-electron chi connectivity index (χ2n) is 17.2. The molecule has 0 aromatic heterocycles. The Morgan fingerprint density at radius 1 is 0.159 bits per heavy atom. The number of halogens is 25. The van der Waals surface area contributed by atoms with Gasteiger partial charge in [0.2, 0.25) is 0 Å². The van der Waals surface area contributed by atoms with Crippen LogP contribution in [0.25, 0.3) is 0 Å². The molecule has 0 aromatic carbocycles. The molecule has 0 aliphatic carbocycles. The number of rotatable bonds is 60. The lowest BCUT2D eigenvalue weighted by atomic mass is 9.84. The van der Waals surface area contributed by atoms with Crippen LogP contribution in [0.4, 0.5) is 110 Å². The number of alkyl halides is 25.